The zero-order chi connectivity index (χ0) is 57.9. The summed E-state index contributed by atoms with van der Waals surface area (Å²) in [5, 5.41) is 36.2. The van der Waals surface area contributed by atoms with E-state index < -0.39 is 17.9 Å². The van der Waals surface area contributed by atoms with Crippen molar-refractivity contribution in [3.63, 3.8) is 0 Å². The number of carbonyl (C=O) groups excluding carboxylic acids is 2. The van der Waals surface area contributed by atoms with Gasteiger partial charge in [0.25, 0.3) is 0 Å². The maximum atomic E-state index is 15.5. The van der Waals surface area contributed by atoms with E-state index in [9.17, 15) is 19.2 Å². The molecule has 0 aliphatic carbocycles. The molecule has 4 saturated heterocycles. The molecule has 0 radical (unpaired) electrons. The molecule has 4 aliphatic rings. The average Bonchev–Trinajstić information content (AvgIpc) is 2.40. The number of carbonyl (C=O) groups is 2. The van der Waals surface area contributed by atoms with Crippen molar-refractivity contribution >= 4 is 67.1 Å². The van der Waals surface area contributed by atoms with Crippen molar-refractivity contribution in [1.29, 1.82) is 5.26 Å². The summed E-state index contributed by atoms with van der Waals surface area (Å²) in [4.78, 5) is 42.2. The quantitative estimate of drug-likeness (QED) is 0.0660. The van der Waals surface area contributed by atoms with Crippen LogP contribution < -0.4 is 30.7 Å². The molecule has 0 spiro atoms. The fraction of sp³-hybridized carbons (Fsp3) is 0.377. The Morgan fingerprint density at radius 3 is 2.42 bits per heavy atom. The average molecular weight is 1170 g/mol. The van der Waals surface area contributed by atoms with Gasteiger partial charge in [0.1, 0.15) is 58.5 Å². The number of benzene rings is 4. The molecule has 0 saturated carbocycles. The largest absolute Gasteiger partial charge is 0.486 e. The van der Waals surface area contributed by atoms with Crippen molar-refractivity contribution in [1.82, 2.24) is 45.5 Å². The first kappa shape index (κ1) is 57.0. The fourth-order valence-corrected chi connectivity index (χ4v) is 13.0. The zero-order valence-corrected chi connectivity index (χ0v) is 47.7. The van der Waals surface area contributed by atoms with Gasteiger partial charge >= 0.3 is 6.01 Å². The van der Waals surface area contributed by atoms with E-state index in [1.165, 1.54) is 12.3 Å². The lowest BCUT2D eigenvalue weighted by atomic mass is 9.96. The minimum Gasteiger partial charge on any atom is -0.486 e. The second kappa shape index (κ2) is 24.9. The first-order valence-corrected chi connectivity index (χ1v) is 29.1. The number of anilines is 2. The molecule has 430 valence electrons. The summed E-state index contributed by atoms with van der Waals surface area (Å²) in [7, 11) is 0. The van der Waals surface area contributed by atoms with Crippen molar-refractivity contribution in [2.45, 2.75) is 102 Å². The molecule has 4 fully saturated rings. The van der Waals surface area contributed by atoms with Gasteiger partial charge in [0.15, 0.2) is 5.75 Å². The number of fused-ring (bicyclic) bond motifs is 4. The monoisotopic (exact) mass is 1160 g/mol. The third kappa shape index (κ3) is 11.9. The van der Waals surface area contributed by atoms with Crippen molar-refractivity contribution in [2.75, 3.05) is 50.1 Å². The Hall–Kier alpha value is -7.87. The normalized spacial score (nSPS) is 18.7. The number of nitrogens with one attached hydrogen (secondary N) is 2. The Morgan fingerprint density at radius 2 is 1.75 bits per heavy atom. The molecule has 18 nitrogen and oxygen atoms in total. The Kier molecular flexibility index (Phi) is 17.1. The van der Waals surface area contributed by atoms with Crippen LogP contribution in [0.4, 0.5) is 19.6 Å². The van der Waals surface area contributed by atoms with Crippen LogP contribution in [0.5, 0.6) is 11.8 Å². The van der Waals surface area contributed by atoms with Crippen LogP contribution in [0.1, 0.15) is 88.1 Å². The maximum Gasteiger partial charge on any atom is 0.319 e. The van der Waals surface area contributed by atoms with Crippen molar-refractivity contribution in [3.05, 3.63) is 125 Å². The lowest BCUT2D eigenvalue weighted by molar-refractivity contribution is -0.137. The molecule has 5 unspecified atom stereocenters. The fourth-order valence-electron chi connectivity index (χ4n) is 11.7. The van der Waals surface area contributed by atoms with Gasteiger partial charge in [-0.25, -0.2) is 13.5 Å². The van der Waals surface area contributed by atoms with Crippen molar-refractivity contribution in [3.8, 4) is 51.3 Å². The molecule has 2 bridgehead atoms. The number of nitrogen functional groups attached to an aromatic ring is 1. The number of nitriles is 1. The predicted molar refractivity (Wildman–Crippen MR) is 314 cm³/mol. The second-order valence-corrected chi connectivity index (χ2v) is 23.3. The van der Waals surface area contributed by atoms with Gasteiger partial charge in [-0.3, -0.25) is 14.6 Å². The molecule has 5 atom stereocenters. The standard InChI is InChI=1S/C47H50ClFN10O4S.C14H13FN2O2/c1-25(2)41(46(60)58-16-4-5-26(58)3)59-23-37(55-56-59)28-8-6-27(7-9-28)24-62-42-39(32-12-13-36(49)43-38(32)34(20-50)44(51)64-43)35(48)19-33-40(42)53-47(63-31-14-17-61-18-15-31)54-45(33)57-21-29-10-11-30(22-57)52-29;15-13-7-16-6-5-12(13)10-1-3-11(4-2-10)14(8-18)17-9-19/h6-9,12-13,19,23,25-26,29-31,41,52H,4-5,10-11,14-18,21-22,24,51H2,1-3H3;1-7,9,14,18H,8H2,(H,17,19). The first-order chi connectivity index (χ1) is 40.3. The van der Waals surface area contributed by atoms with Gasteiger partial charge < -0.3 is 45.5 Å². The van der Waals surface area contributed by atoms with Crippen LogP contribution >= 0.6 is 22.9 Å². The molecule has 12 rings (SSSR count). The lowest BCUT2D eigenvalue weighted by Gasteiger charge is -2.34. The number of hydrogen-bond donors (Lipinski definition) is 4. The third-order valence-electron chi connectivity index (χ3n) is 16.0. The lowest BCUT2D eigenvalue weighted by Crippen LogP contribution is -2.51. The van der Waals surface area contributed by atoms with E-state index in [-0.39, 0.29) is 64.3 Å². The molecule has 4 aromatic heterocycles. The summed E-state index contributed by atoms with van der Waals surface area (Å²) in [6.07, 6.45) is 10.5. The topological polar surface area (TPSA) is 232 Å². The number of aliphatic hydroxyl groups excluding tert-OH is 1. The summed E-state index contributed by atoms with van der Waals surface area (Å²) in [5.74, 6) is 0.248. The number of halogens is 3. The van der Waals surface area contributed by atoms with E-state index in [4.69, 9.17) is 46.6 Å². The van der Waals surface area contributed by atoms with Crippen LogP contribution in [0.25, 0.3) is 54.5 Å². The predicted octanol–water partition coefficient (Wildman–Crippen LogP) is 9.97. The van der Waals surface area contributed by atoms with Crippen molar-refractivity contribution in [2.24, 2.45) is 5.92 Å². The van der Waals surface area contributed by atoms with Crippen LogP contribution in [-0.2, 0) is 20.9 Å². The number of pyridine rings is 1. The highest BCUT2D eigenvalue weighted by atomic mass is 35.5. The number of amides is 2. The van der Waals surface area contributed by atoms with Crippen molar-refractivity contribution < 1.29 is 37.7 Å². The van der Waals surface area contributed by atoms with Gasteiger partial charge in [0.05, 0.1) is 53.5 Å². The van der Waals surface area contributed by atoms with E-state index in [0.29, 0.717) is 105 Å². The van der Waals surface area contributed by atoms with Crippen LogP contribution in [-0.4, -0.2) is 116 Å². The minimum atomic E-state index is -0.492. The smallest absolute Gasteiger partial charge is 0.319 e. The van der Waals surface area contributed by atoms with E-state index in [1.54, 1.807) is 41.1 Å². The number of rotatable bonds is 16. The molecule has 22 heteroatoms. The number of piperazine rings is 1. The van der Waals surface area contributed by atoms with E-state index in [0.717, 1.165) is 79.5 Å². The van der Waals surface area contributed by atoms with Crippen LogP contribution in [0.15, 0.2) is 91.4 Å². The highest BCUT2D eigenvalue weighted by Crippen LogP contribution is 2.50. The van der Waals surface area contributed by atoms with Crippen LogP contribution in [0.3, 0.4) is 0 Å². The molecule has 5 N–H and O–H groups in total. The highest BCUT2D eigenvalue weighted by molar-refractivity contribution is 7.23. The van der Waals surface area contributed by atoms with Crippen LogP contribution in [0.2, 0.25) is 5.02 Å². The number of thiophene rings is 1. The molecule has 83 heavy (non-hydrogen) atoms. The summed E-state index contributed by atoms with van der Waals surface area (Å²) in [6.45, 7) is 9.50. The number of ether oxygens (including phenoxy) is 3. The summed E-state index contributed by atoms with van der Waals surface area (Å²) < 4.78 is 50.1. The Labute approximate surface area is 487 Å². The van der Waals surface area contributed by atoms with Gasteiger partial charge in [-0.15, -0.1) is 16.4 Å². The van der Waals surface area contributed by atoms with Gasteiger partial charge in [-0.1, -0.05) is 85.3 Å². The number of likely N-dealkylation sites (tertiary alicyclic amines) is 1. The SMILES string of the molecule is CC(C)C(C(=O)N1CCCC1C)n1cc(-c2ccc(COc3c(-c4ccc(F)c5sc(N)c(C#N)c45)c(Cl)cc4c(N5CC6CCC(C5)N6)nc(OC5CCOCC5)nc34)cc2)nn1.O=CNC(CO)c1ccc(-c2ccncc2F)cc1. The van der Waals surface area contributed by atoms with Gasteiger partial charge in [0, 0.05) is 84.3 Å². The number of hydrogen-bond acceptors (Lipinski definition) is 16. The number of nitrogens with zero attached hydrogens (tertiary/aromatic N) is 9. The maximum absolute atomic E-state index is 15.5. The van der Waals surface area contributed by atoms with E-state index >= 15 is 4.39 Å². The molecule has 8 aromatic rings. The molecule has 4 aromatic carbocycles. The third-order valence-corrected chi connectivity index (χ3v) is 17.3. The second-order valence-electron chi connectivity index (χ2n) is 21.8. The number of nitrogens with two attached hydrogens (primary N) is 1. The molecular formula is C61H63ClF2N12O6S. The molecule has 8 heterocycles. The Morgan fingerprint density at radius 1 is 1.00 bits per heavy atom. The summed E-state index contributed by atoms with van der Waals surface area (Å²) in [6, 6.07) is 23.6. The van der Waals surface area contributed by atoms with Crippen LogP contribution in [0, 0.1) is 28.9 Å². The molecular weight excluding hydrogens is 1100 g/mol. The summed E-state index contributed by atoms with van der Waals surface area (Å²) >= 11 is 8.41. The van der Waals surface area contributed by atoms with E-state index in [2.05, 4.69) is 43.8 Å². The van der Waals surface area contributed by atoms with E-state index in [1.807, 2.05) is 55.3 Å². The Balaban J connectivity index is 0.000000322. The van der Waals surface area contributed by atoms with Gasteiger partial charge in [-0.05, 0) is 79.0 Å². The highest BCUT2D eigenvalue weighted by Gasteiger charge is 2.37. The minimum absolute atomic E-state index is 0.0225. The van der Waals surface area contributed by atoms with Gasteiger partial charge in [-0.2, -0.15) is 15.2 Å². The Bertz CT molecular complexity index is 3690. The zero-order valence-electron chi connectivity index (χ0n) is 46.1. The number of aromatic nitrogens is 6. The molecule has 2 amide bonds. The first-order valence-electron chi connectivity index (χ1n) is 28.0. The molecule has 4 aliphatic heterocycles. The summed E-state index contributed by atoms with van der Waals surface area (Å²) in [5.41, 5.74) is 12.2. The van der Waals surface area contributed by atoms with Gasteiger partial charge in [0.2, 0.25) is 12.3 Å². The number of aliphatic hydroxyl groups is 1.